The Morgan fingerprint density at radius 1 is 1.46 bits per heavy atom. The standard InChI is InChI=1S/C11H23NO/c1-9-4-3-5-11(8-9)12-7-6-10(2)13/h9-13H,3-8H2,1-2H3/t9-,10-,11+/m0/s1. The summed E-state index contributed by atoms with van der Waals surface area (Å²) >= 11 is 0. The van der Waals surface area contributed by atoms with E-state index in [1.54, 1.807) is 0 Å². The van der Waals surface area contributed by atoms with Gasteiger partial charge in [-0.25, -0.2) is 0 Å². The van der Waals surface area contributed by atoms with Crippen LogP contribution < -0.4 is 5.32 Å². The molecule has 13 heavy (non-hydrogen) atoms. The molecule has 2 heteroatoms. The van der Waals surface area contributed by atoms with E-state index in [9.17, 15) is 0 Å². The molecule has 1 saturated carbocycles. The number of hydrogen-bond donors (Lipinski definition) is 2. The van der Waals surface area contributed by atoms with Crippen LogP contribution in [0.3, 0.4) is 0 Å². The molecule has 3 atom stereocenters. The second-order valence-corrected chi connectivity index (χ2v) is 4.56. The van der Waals surface area contributed by atoms with Crippen molar-refractivity contribution in [2.24, 2.45) is 5.92 Å². The maximum Gasteiger partial charge on any atom is 0.0524 e. The van der Waals surface area contributed by atoms with Gasteiger partial charge < -0.3 is 10.4 Å². The molecule has 0 spiro atoms. The lowest BCUT2D eigenvalue weighted by Crippen LogP contribution is -2.35. The van der Waals surface area contributed by atoms with Crippen molar-refractivity contribution in [3.8, 4) is 0 Å². The Hall–Kier alpha value is -0.0800. The molecule has 0 bridgehead atoms. The maximum absolute atomic E-state index is 9.09. The molecule has 0 aromatic rings. The highest BCUT2D eigenvalue weighted by atomic mass is 16.3. The molecule has 0 aromatic carbocycles. The van der Waals surface area contributed by atoms with Crippen molar-refractivity contribution in [2.75, 3.05) is 6.54 Å². The first kappa shape index (κ1) is 11.0. The van der Waals surface area contributed by atoms with Crippen molar-refractivity contribution >= 4 is 0 Å². The van der Waals surface area contributed by atoms with Crippen LogP contribution >= 0.6 is 0 Å². The third-order valence-electron chi connectivity index (χ3n) is 2.93. The second-order valence-electron chi connectivity index (χ2n) is 4.56. The van der Waals surface area contributed by atoms with E-state index in [4.69, 9.17) is 5.11 Å². The van der Waals surface area contributed by atoms with E-state index in [1.807, 2.05) is 6.92 Å². The van der Waals surface area contributed by atoms with Gasteiger partial charge >= 0.3 is 0 Å². The zero-order valence-corrected chi connectivity index (χ0v) is 8.92. The monoisotopic (exact) mass is 185 g/mol. The van der Waals surface area contributed by atoms with Crippen LogP contribution in [0.1, 0.15) is 46.0 Å². The molecule has 2 nitrogen and oxygen atoms in total. The first-order valence-corrected chi connectivity index (χ1v) is 5.60. The van der Waals surface area contributed by atoms with Gasteiger partial charge in [-0.1, -0.05) is 19.8 Å². The smallest absolute Gasteiger partial charge is 0.0524 e. The number of aliphatic hydroxyl groups excluding tert-OH is 1. The molecule has 0 amide bonds. The fourth-order valence-electron chi connectivity index (χ4n) is 2.12. The minimum Gasteiger partial charge on any atom is -0.393 e. The first-order valence-electron chi connectivity index (χ1n) is 5.60. The Labute approximate surface area is 81.7 Å². The molecule has 2 N–H and O–H groups in total. The van der Waals surface area contributed by atoms with Crippen molar-refractivity contribution < 1.29 is 5.11 Å². The van der Waals surface area contributed by atoms with Gasteiger partial charge in [0.2, 0.25) is 0 Å². The third-order valence-corrected chi connectivity index (χ3v) is 2.93. The van der Waals surface area contributed by atoms with Gasteiger partial charge in [0, 0.05) is 6.04 Å². The van der Waals surface area contributed by atoms with E-state index in [2.05, 4.69) is 12.2 Å². The van der Waals surface area contributed by atoms with Crippen LogP contribution in [0.5, 0.6) is 0 Å². The van der Waals surface area contributed by atoms with Crippen LogP contribution in [-0.2, 0) is 0 Å². The van der Waals surface area contributed by atoms with Gasteiger partial charge in [0.15, 0.2) is 0 Å². The second kappa shape index (κ2) is 5.61. The predicted molar refractivity (Wildman–Crippen MR) is 55.7 cm³/mol. The Morgan fingerprint density at radius 3 is 2.85 bits per heavy atom. The van der Waals surface area contributed by atoms with Crippen molar-refractivity contribution in [3.05, 3.63) is 0 Å². The lowest BCUT2D eigenvalue weighted by molar-refractivity contribution is 0.179. The average Bonchev–Trinajstić information content (AvgIpc) is 2.03. The van der Waals surface area contributed by atoms with E-state index >= 15 is 0 Å². The molecular weight excluding hydrogens is 162 g/mol. The molecule has 0 radical (unpaired) electrons. The molecule has 0 unspecified atom stereocenters. The summed E-state index contributed by atoms with van der Waals surface area (Å²) in [5, 5.41) is 12.6. The number of aliphatic hydroxyl groups is 1. The van der Waals surface area contributed by atoms with E-state index in [1.165, 1.54) is 25.7 Å². The number of hydrogen-bond acceptors (Lipinski definition) is 2. The summed E-state index contributed by atoms with van der Waals surface area (Å²) in [7, 11) is 0. The Bertz CT molecular complexity index is 136. The third kappa shape index (κ3) is 4.63. The van der Waals surface area contributed by atoms with Crippen molar-refractivity contribution in [2.45, 2.75) is 58.1 Å². The van der Waals surface area contributed by atoms with Crippen molar-refractivity contribution in [3.63, 3.8) is 0 Å². The highest BCUT2D eigenvalue weighted by molar-refractivity contribution is 4.75. The summed E-state index contributed by atoms with van der Waals surface area (Å²) < 4.78 is 0. The van der Waals surface area contributed by atoms with Crippen LogP contribution in [-0.4, -0.2) is 23.8 Å². The van der Waals surface area contributed by atoms with Crippen LogP contribution in [0.25, 0.3) is 0 Å². The number of rotatable bonds is 4. The van der Waals surface area contributed by atoms with Crippen LogP contribution in [0.15, 0.2) is 0 Å². The Balaban J connectivity index is 2.06. The first-order chi connectivity index (χ1) is 6.18. The fourth-order valence-corrected chi connectivity index (χ4v) is 2.12. The molecule has 78 valence electrons. The molecule has 1 fully saturated rings. The van der Waals surface area contributed by atoms with Gasteiger partial charge in [-0.2, -0.15) is 0 Å². The molecule has 0 saturated heterocycles. The SMILES string of the molecule is C[C@H]1CCC[C@@H](NCC[C@H](C)O)C1. The molecule has 1 aliphatic rings. The van der Waals surface area contributed by atoms with Crippen LogP contribution in [0, 0.1) is 5.92 Å². The van der Waals surface area contributed by atoms with Crippen molar-refractivity contribution in [1.29, 1.82) is 0 Å². The van der Waals surface area contributed by atoms with Gasteiger partial charge in [0.1, 0.15) is 0 Å². The topological polar surface area (TPSA) is 32.3 Å². The summed E-state index contributed by atoms with van der Waals surface area (Å²) in [4.78, 5) is 0. The Kier molecular flexibility index (Phi) is 4.74. The quantitative estimate of drug-likeness (QED) is 0.701. The lowest BCUT2D eigenvalue weighted by Gasteiger charge is -2.27. The van der Waals surface area contributed by atoms with Crippen molar-refractivity contribution in [1.82, 2.24) is 5.32 Å². The predicted octanol–water partition coefficient (Wildman–Crippen LogP) is 1.93. The van der Waals surface area contributed by atoms with E-state index in [-0.39, 0.29) is 6.10 Å². The van der Waals surface area contributed by atoms with Crippen LogP contribution in [0.2, 0.25) is 0 Å². The average molecular weight is 185 g/mol. The molecule has 0 aromatic heterocycles. The summed E-state index contributed by atoms with van der Waals surface area (Å²) in [6.07, 6.45) is 6.13. The molecule has 0 aliphatic heterocycles. The van der Waals surface area contributed by atoms with Gasteiger partial charge in [-0.3, -0.25) is 0 Å². The normalized spacial score (nSPS) is 31.6. The molecular formula is C11H23NO. The minimum absolute atomic E-state index is 0.159. The highest BCUT2D eigenvalue weighted by Gasteiger charge is 2.17. The number of nitrogens with one attached hydrogen (secondary N) is 1. The summed E-state index contributed by atoms with van der Waals surface area (Å²) in [5.74, 6) is 0.887. The fraction of sp³-hybridized carbons (Fsp3) is 1.00. The molecule has 0 heterocycles. The van der Waals surface area contributed by atoms with Crippen LogP contribution in [0.4, 0.5) is 0 Å². The van der Waals surface area contributed by atoms with Gasteiger partial charge in [-0.05, 0) is 38.6 Å². The Morgan fingerprint density at radius 2 is 2.23 bits per heavy atom. The largest absolute Gasteiger partial charge is 0.393 e. The summed E-state index contributed by atoms with van der Waals surface area (Å²) in [5.41, 5.74) is 0. The zero-order valence-electron chi connectivity index (χ0n) is 8.92. The lowest BCUT2D eigenvalue weighted by atomic mass is 9.87. The van der Waals surface area contributed by atoms with Gasteiger partial charge in [0.25, 0.3) is 0 Å². The summed E-state index contributed by atoms with van der Waals surface area (Å²) in [6, 6.07) is 0.711. The molecule has 1 aliphatic carbocycles. The highest BCUT2D eigenvalue weighted by Crippen LogP contribution is 2.23. The van der Waals surface area contributed by atoms with E-state index in [0.29, 0.717) is 6.04 Å². The van der Waals surface area contributed by atoms with Gasteiger partial charge in [0.05, 0.1) is 6.10 Å². The molecule has 1 rings (SSSR count). The zero-order chi connectivity index (χ0) is 9.68. The summed E-state index contributed by atoms with van der Waals surface area (Å²) in [6.45, 7) is 5.16. The van der Waals surface area contributed by atoms with E-state index in [0.717, 1.165) is 18.9 Å². The maximum atomic E-state index is 9.09. The minimum atomic E-state index is -0.159. The van der Waals surface area contributed by atoms with Gasteiger partial charge in [-0.15, -0.1) is 0 Å². The van der Waals surface area contributed by atoms with E-state index < -0.39 is 0 Å².